The zero-order valence-corrected chi connectivity index (χ0v) is 12.6. The van der Waals surface area contributed by atoms with Gasteiger partial charge in [0.2, 0.25) is 5.91 Å². The van der Waals surface area contributed by atoms with Gasteiger partial charge < -0.3 is 10.2 Å². The third-order valence-electron chi connectivity index (χ3n) is 2.07. The van der Waals surface area contributed by atoms with Gasteiger partial charge in [-0.15, -0.1) is 0 Å². The van der Waals surface area contributed by atoms with E-state index in [1.807, 2.05) is 0 Å². The van der Waals surface area contributed by atoms with Crippen molar-refractivity contribution in [1.82, 2.24) is 10.2 Å². The van der Waals surface area contributed by atoms with Crippen LogP contribution in [0.25, 0.3) is 0 Å². The van der Waals surface area contributed by atoms with Crippen molar-refractivity contribution < 1.29 is 9.59 Å². The van der Waals surface area contributed by atoms with Gasteiger partial charge in [-0.1, -0.05) is 15.9 Å². The van der Waals surface area contributed by atoms with Crippen LogP contribution in [-0.2, 0) is 4.79 Å². The third-order valence-corrected chi connectivity index (χ3v) is 3.22. The lowest BCUT2D eigenvalue weighted by atomic mass is 10.2. The van der Waals surface area contributed by atoms with Gasteiger partial charge in [-0.2, -0.15) is 0 Å². The summed E-state index contributed by atoms with van der Waals surface area (Å²) < 4.78 is 1.56. The number of nitrogens with one attached hydrogen (secondary N) is 1. The van der Waals surface area contributed by atoms with Gasteiger partial charge in [0.15, 0.2) is 0 Å². The van der Waals surface area contributed by atoms with E-state index < -0.39 is 0 Å². The molecule has 92 valence electrons. The lowest BCUT2D eigenvalue weighted by molar-refractivity contribution is -0.127. The molecule has 1 rings (SSSR count). The van der Waals surface area contributed by atoms with E-state index in [9.17, 15) is 9.59 Å². The molecule has 1 aromatic rings. The summed E-state index contributed by atoms with van der Waals surface area (Å²) >= 11 is 6.60. The van der Waals surface area contributed by atoms with Crippen molar-refractivity contribution in [2.45, 2.75) is 0 Å². The fourth-order valence-corrected chi connectivity index (χ4v) is 2.31. The number of likely N-dealkylation sites (N-methyl/N-ethyl adjacent to an activating group) is 1. The number of rotatable bonds is 3. The maximum Gasteiger partial charge on any atom is 0.252 e. The Hall–Kier alpha value is -0.880. The Bertz CT molecular complexity index is 447. The summed E-state index contributed by atoms with van der Waals surface area (Å²) in [4.78, 5) is 24.5. The molecule has 1 aromatic carbocycles. The first-order chi connectivity index (χ1) is 7.91. The fraction of sp³-hybridized carbons (Fsp3) is 0.273. The van der Waals surface area contributed by atoms with Crippen LogP contribution in [0, 0.1) is 0 Å². The van der Waals surface area contributed by atoms with Crippen LogP contribution in [0.1, 0.15) is 10.4 Å². The molecule has 0 saturated carbocycles. The van der Waals surface area contributed by atoms with E-state index in [1.165, 1.54) is 4.90 Å². The Labute approximate surface area is 117 Å². The third kappa shape index (κ3) is 4.12. The van der Waals surface area contributed by atoms with Crippen LogP contribution in [0.15, 0.2) is 27.1 Å². The molecular formula is C11H12Br2N2O2. The van der Waals surface area contributed by atoms with Gasteiger partial charge >= 0.3 is 0 Å². The summed E-state index contributed by atoms with van der Waals surface area (Å²) in [6, 6.07) is 5.24. The van der Waals surface area contributed by atoms with E-state index in [0.29, 0.717) is 10.0 Å². The average Bonchev–Trinajstić information content (AvgIpc) is 2.25. The number of amides is 2. The molecule has 0 unspecified atom stereocenters. The van der Waals surface area contributed by atoms with Crippen molar-refractivity contribution in [3.8, 4) is 0 Å². The average molecular weight is 364 g/mol. The van der Waals surface area contributed by atoms with Gasteiger partial charge in [0.25, 0.3) is 5.91 Å². The Balaban J connectivity index is 2.68. The number of carbonyl (C=O) groups excluding carboxylic acids is 2. The van der Waals surface area contributed by atoms with Gasteiger partial charge in [0.1, 0.15) is 0 Å². The molecule has 0 bridgehead atoms. The van der Waals surface area contributed by atoms with E-state index in [1.54, 1.807) is 32.3 Å². The number of nitrogens with zero attached hydrogens (tertiary/aromatic N) is 1. The van der Waals surface area contributed by atoms with Crippen molar-refractivity contribution in [3.63, 3.8) is 0 Å². The number of halogens is 2. The summed E-state index contributed by atoms with van der Waals surface area (Å²) in [7, 11) is 3.29. The molecule has 6 heteroatoms. The second-order valence-electron chi connectivity index (χ2n) is 3.60. The quantitative estimate of drug-likeness (QED) is 0.893. The zero-order chi connectivity index (χ0) is 13.0. The summed E-state index contributed by atoms with van der Waals surface area (Å²) in [5.41, 5.74) is 0.500. The standard InChI is InChI=1S/C11H12Br2N2O2/c1-15(2)10(16)6-14-11(17)8-4-3-7(12)5-9(8)13/h3-5H,6H2,1-2H3,(H,14,17). The summed E-state index contributed by atoms with van der Waals surface area (Å²) in [6.07, 6.45) is 0. The summed E-state index contributed by atoms with van der Waals surface area (Å²) in [5.74, 6) is -0.425. The number of hydrogen-bond acceptors (Lipinski definition) is 2. The molecular weight excluding hydrogens is 352 g/mol. The predicted molar refractivity (Wildman–Crippen MR) is 72.9 cm³/mol. The van der Waals surface area contributed by atoms with E-state index in [-0.39, 0.29) is 18.4 Å². The summed E-state index contributed by atoms with van der Waals surface area (Å²) in [6.45, 7) is -0.00562. The van der Waals surface area contributed by atoms with Gasteiger partial charge in [-0.05, 0) is 34.1 Å². The Morgan fingerprint density at radius 2 is 1.94 bits per heavy atom. The van der Waals surface area contributed by atoms with Crippen LogP contribution in [0.5, 0.6) is 0 Å². The van der Waals surface area contributed by atoms with E-state index in [4.69, 9.17) is 0 Å². The fourth-order valence-electron chi connectivity index (χ4n) is 1.08. The molecule has 4 nitrogen and oxygen atoms in total. The van der Waals surface area contributed by atoms with Crippen LogP contribution in [0.3, 0.4) is 0 Å². The minimum absolute atomic E-state index is 0.00562. The molecule has 0 spiro atoms. The maximum atomic E-state index is 11.8. The SMILES string of the molecule is CN(C)C(=O)CNC(=O)c1ccc(Br)cc1Br. The highest BCUT2D eigenvalue weighted by atomic mass is 79.9. The number of benzene rings is 1. The molecule has 0 fully saturated rings. The minimum atomic E-state index is -0.278. The van der Waals surface area contributed by atoms with Crippen molar-refractivity contribution in [3.05, 3.63) is 32.7 Å². The molecule has 0 aromatic heterocycles. The van der Waals surface area contributed by atoms with E-state index in [0.717, 1.165) is 4.47 Å². The van der Waals surface area contributed by atoms with Crippen LogP contribution < -0.4 is 5.32 Å². The second-order valence-corrected chi connectivity index (χ2v) is 5.37. The van der Waals surface area contributed by atoms with Gasteiger partial charge in [-0.3, -0.25) is 9.59 Å². The normalized spacial score (nSPS) is 9.88. The molecule has 0 atom stereocenters. The number of hydrogen-bond donors (Lipinski definition) is 1. The molecule has 0 saturated heterocycles. The highest BCUT2D eigenvalue weighted by Crippen LogP contribution is 2.21. The first-order valence-electron chi connectivity index (χ1n) is 4.85. The van der Waals surface area contributed by atoms with Crippen molar-refractivity contribution >= 4 is 43.7 Å². The largest absolute Gasteiger partial charge is 0.347 e. The van der Waals surface area contributed by atoms with Crippen molar-refractivity contribution in [2.75, 3.05) is 20.6 Å². The molecule has 0 radical (unpaired) electrons. The molecule has 1 N–H and O–H groups in total. The molecule has 0 aliphatic rings. The van der Waals surface area contributed by atoms with Gasteiger partial charge in [0.05, 0.1) is 12.1 Å². The van der Waals surface area contributed by atoms with Crippen molar-refractivity contribution in [2.24, 2.45) is 0 Å². The molecule has 0 aliphatic heterocycles. The van der Waals surface area contributed by atoms with E-state index in [2.05, 4.69) is 37.2 Å². The van der Waals surface area contributed by atoms with Crippen LogP contribution in [0.4, 0.5) is 0 Å². The molecule has 0 heterocycles. The highest BCUT2D eigenvalue weighted by molar-refractivity contribution is 9.11. The number of carbonyl (C=O) groups is 2. The lowest BCUT2D eigenvalue weighted by Gasteiger charge is -2.11. The monoisotopic (exact) mass is 362 g/mol. The molecule has 17 heavy (non-hydrogen) atoms. The first kappa shape index (κ1) is 14.2. The van der Waals surface area contributed by atoms with Crippen LogP contribution >= 0.6 is 31.9 Å². The maximum absolute atomic E-state index is 11.8. The smallest absolute Gasteiger partial charge is 0.252 e. The Kier molecular flexibility index (Phi) is 5.14. The second kappa shape index (κ2) is 6.16. The topological polar surface area (TPSA) is 49.4 Å². The predicted octanol–water partition coefficient (Wildman–Crippen LogP) is 2.03. The Morgan fingerprint density at radius 3 is 2.47 bits per heavy atom. The minimum Gasteiger partial charge on any atom is -0.347 e. The van der Waals surface area contributed by atoms with E-state index >= 15 is 0 Å². The molecule has 0 aliphatic carbocycles. The van der Waals surface area contributed by atoms with Crippen LogP contribution in [-0.4, -0.2) is 37.4 Å². The summed E-state index contributed by atoms with van der Waals surface area (Å²) in [5, 5.41) is 2.56. The molecule has 2 amide bonds. The van der Waals surface area contributed by atoms with Gasteiger partial charge in [-0.25, -0.2) is 0 Å². The lowest BCUT2D eigenvalue weighted by Crippen LogP contribution is -2.36. The van der Waals surface area contributed by atoms with Gasteiger partial charge in [0, 0.05) is 23.0 Å². The Morgan fingerprint density at radius 1 is 1.29 bits per heavy atom. The van der Waals surface area contributed by atoms with Crippen LogP contribution in [0.2, 0.25) is 0 Å². The zero-order valence-electron chi connectivity index (χ0n) is 9.46. The van der Waals surface area contributed by atoms with Crippen molar-refractivity contribution in [1.29, 1.82) is 0 Å². The first-order valence-corrected chi connectivity index (χ1v) is 6.44. The highest BCUT2D eigenvalue weighted by Gasteiger charge is 2.12.